The van der Waals surface area contributed by atoms with Gasteiger partial charge in [-0.3, -0.25) is 4.90 Å². The average molecular weight is 349 g/mol. The second kappa shape index (κ2) is 9.21. The van der Waals surface area contributed by atoms with Gasteiger partial charge in [-0.15, -0.1) is 12.4 Å². The molecule has 4 nitrogen and oxygen atoms in total. The first-order valence-electron chi connectivity index (χ1n) is 8.74. The second-order valence-corrected chi connectivity index (χ2v) is 6.63. The maximum Gasteiger partial charge on any atom is 0.0678 e. The average Bonchev–Trinajstić information content (AvgIpc) is 3.02. The van der Waals surface area contributed by atoms with Gasteiger partial charge in [0.05, 0.1) is 11.4 Å². The summed E-state index contributed by atoms with van der Waals surface area (Å²) in [6, 6.07) is 10.6. The van der Waals surface area contributed by atoms with E-state index in [1.165, 1.54) is 49.3 Å². The fourth-order valence-electron chi connectivity index (χ4n) is 3.48. The van der Waals surface area contributed by atoms with Crippen molar-refractivity contribution in [1.82, 2.24) is 20.0 Å². The molecule has 1 saturated heterocycles. The molecule has 24 heavy (non-hydrogen) atoms. The Hall–Kier alpha value is -1.36. The molecular weight excluding hydrogens is 320 g/mol. The number of aromatic nitrogens is 2. The summed E-state index contributed by atoms with van der Waals surface area (Å²) in [5, 5.41) is 7.82. The fraction of sp³-hybridized carbons (Fsp3) is 0.526. The third-order valence-electron chi connectivity index (χ3n) is 4.96. The first kappa shape index (κ1) is 19.0. The summed E-state index contributed by atoms with van der Waals surface area (Å²) >= 11 is 0. The van der Waals surface area contributed by atoms with E-state index in [2.05, 4.69) is 57.3 Å². The second-order valence-electron chi connectivity index (χ2n) is 6.63. The summed E-state index contributed by atoms with van der Waals surface area (Å²) in [7, 11) is 2.04. The van der Waals surface area contributed by atoms with E-state index in [-0.39, 0.29) is 12.4 Å². The molecule has 0 spiro atoms. The van der Waals surface area contributed by atoms with Crippen LogP contribution in [0.4, 0.5) is 0 Å². The van der Waals surface area contributed by atoms with E-state index in [0.29, 0.717) is 0 Å². The Bertz CT molecular complexity index is 617. The number of hydrogen-bond donors (Lipinski definition) is 1. The highest BCUT2D eigenvalue weighted by Crippen LogP contribution is 2.22. The highest BCUT2D eigenvalue weighted by atomic mass is 35.5. The number of nitrogens with zero attached hydrogens (tertiary/aromatic N) is 3. The van der Waals surface area contributed by atoms with Crippen LogP contribution in [0.3, 0.4) is 0 Å². The maximum absolute atomic E-state index is 4.55. The molecule has 0 bridgehead atoms. The van der Waals surface area contributed by atoms with Gasteiger partial charge < -0.3 is 5.32 Å². The van der Waals surface area contributed by atoms with Gasteiger partial charge in [-0.2, -0.15) is 5.10 Å². The van der Waals surface area contributed by atoms with Gasteiger partial charge in [0, 0.05) is 12.7 Å². The number of nitrogens with one attached hydrogen (secondary N) is 1. The lowest BCUT2D eigenvalue weighted by molar-refractivity contribution is 0.169. The van der Waals surface area contributed by atoms with Gasteiger partial charge in [0.15, 0.2) is 0 Å². The molecule has 1 aliphatic heterocycles. The van der Waals surface area contributed by atoms with Crippen LogP contribution in [0.5, 0.6) is 0 Å². The van der Waals surface area contributed by atoms with Gasteiger partial charge in [0.1, 0.15) is 0 Å². The predicted molar refractivity (Wildman–Crippen MR) is 102 cm³/mol. The minimum atomic E-state index is 0. The van der Waals surface area contributed by atoms with E-state index in [4.69, 9.17) is 0 Å². The van der Waals surface area contributed by atoms with E-state index in [0.717, 1.165) is 19.0 Å². The van der Waals surface area contributed by atoms with Gasteiger partial charge in [0.25, 0.3) is 0 Å². The Kier molecular flexibility index (Phi) is 7.28. The van der Waals surface area contributed by atoms with Gasteiger partial charge in [-0.1, -0.05) is 18.2 Å². The molecule has 0 amide bonds. The van der Waals surface area contributed by atoms with Crippen molar-refractivity contribution < 1.29 is 0 Å². The summed E-state index contributed by atoms with van der Waals surface area (Å²) in [5.74, 6) is 0.889. The lowest BCUT2D eigenvalue weighted by Gasteiger charge is -2.32. The monoisotopic (exact) mass is 348 g/mol. The van der Waals surface area contributed by atoms with Crippen LogP contribution in [0, 0.1) is 12.8 Å². The van der Waals surface area contributed by atoms with E-state index in [1.54, 1.807) is 0 Å². The van der Waals surface area contributed by atoms with Crippen molar-refractivity contribution in [3.05, 3.63) is 47.8 Å². The van der Waals surface area contributed by atoms with Crippen LogP contribution in [-0.4, -0.2) is 41.4 Å². The molecule has 0 aliphatic carbocycles. The van der Waals surface area contributed by atoms with Crippen molar-refractivity contribution in [3.63, 3.8) is 0 Å². The van der Waals surface area contributed by atoms with E-state index in [9.17, 15) is 0 Å². The van der Waals surface area contributed by atoms with E-state index in [1.807, 2.05) is 13.2 Å². The topological polar surface area (TPSA) is 33.1 Å². The van der Waals surface area contributed by atoms with Crippen molar-refractivity contribution in [2.45, 2.75) is 32.7 Å². The molecule has 2 heterocycles. The highest BCUT2D eigenvalue weighted by Gasteiger charge is 2.20. The Labute approximate surface area is 151 Å². The summed E-state index contributed by atoms with van der Waals surface area (Å²) in [5.41, 5.74) is 3.74. The van der Waals surface area contributed by atoms with Crippen LogP contribution in [0.15, 0.2) is 36.5 Å². The normalized spacial score (nSPS) is 16.1. The van der Waals surface area contributed by atoms with Crippen LogP contribution in [0.25, 0.3) is 5.69 Å². The quantitative estimate of drug-likeness (QED) is 0.868. The van der Waals surface area contributed by atoms with Gasteiger partial charge in [-0.25, -0.2) is 4.68 Å². The molecule has 0 unspecified atom stereocenters. The largest absolute Gasteiger partial charge is 0.320 e. The number of aryl methyl sites for hydroxylation is 1. The molecule has 1 aromatic carbocycles. The molecule has 5 heteroatoms. The van der Waals surface area contributed by atoms with Crippen molar-refractivity contribution >= 4 is 12.4 Å². The summed E-state index contributed by atoms with van der Waals surface area (Å²) in [6.07, 6.45) is 5.87. The molecule has 0 saturated carbocycles. The summed E-state index contributed by atoms with van der Waals surface area (Å²) in [4.78, 5) is 2.57. The van der Waals surface area contributed by atoms with Crippen LogP contribution in [0.1, 0.15) is 30.5 Å². The number of benzene rings is 1. The highest BCUT2D eigenvalue weighted by molar-refractivity contribution is 5.85. The van der Waals surface area contributed by atoms with Crippen molar-refractivity contribution in [3.8, 4) is 5.69 Å². The number of para-hydroxylation sites is 1. The minimum absolute atomic E-state index is 0. The molecule has 0 atom stereocenters. The molecule has 2 aromatic rings. The summed E-state index contributed by atoms with van der Waals surface area (Å²) in [6.45, 7) is 6.69. The zero-order chi connectivity index (χ0) is 16.1. The Balaban J connectivity index is 0.00000208. The predicted octanol–water partition coefficient (Wildman–Crippen LogP) is 3.42. The Morgan fingerprint density at radius 1 is 1.17 bits per heavy atom. The van der Waals surface area contributed by atoms with Gasteiger partial charge >= 0.3 is 0 Å². The fourth-order valence-corrected chi connectivity index (χ4v) is 3.48. The number of hydrogen-bond acceptors (Lipinski definition) is 3. The molecule has 0 radical (unpaired) electrons. The molecular formula is C19H29ClN4. The molecule has 1 aliphatic rings. The standard InChI is InChI=1S/C19H28N4.ClH/c1-16-5-3-4-6-19(16)23-18(8-12-21-23)15-22-13-9-17(10-14-22)7-11-20-2;/h3-6,8,12,17,20H,7,9-11,13-15H2,1-2H3;1H. The van der Waals surface area contributed by atoms with E-state index >= 15 is 0 Å². The van der Waals surface area contributed by atoms with Crippen LogP contribution in [-0.2, 0) is 6.54 Å². The number of likely N-dealkylation sites (tertiary alicyclic amines) is 1. The number of halogens is 1. The van der Waals surface area contributed by atoms with Crippen molar-refractivity contribution in [2.24, 2.45) is 5.92 Å². The number of rotatable bonds is 6. The molecule has 1 aromatic heterocycles. The van der Waals surface area contributed by atoms with Crippen molar-refractivity contribution in [1.29, 1.82) is 0 Å². The zero-order valence-corrected chi connectivity index (χ0v) is 15.6. The van der Waals surface area contributed by atoms with Crippen LogP contribution in [0.2, 0.25) is 0 Å². The van der Waals surface area contributed by atoms with Crippen LogP contribution >= 0.6 is 12.4 Å². The number of piperidine rings is 1. The van der Waals surface area contributed by atoms with E-state index < -0.39 is 0 Å². The maximum atomic E-state index is 4.55. The van der Waals surface area contributed by atoms with Gasteiger partial charge in [-0.05, 0) is 76.5 Å². The van der Waals surface area contributed by atoms with Gasteiger partial charge in [0.2, 0.25) is 0 Å². The van der Waals surface area contributed by atoms with Crippen LogP contribution < -0.4 is 5.32 Å². The molecule has 1 N–H and O–H groups in total. The SMILES string of the molecule is CNCCC1CCN(Cc2ccnn2-c2ccccc2C)CC1.Cl. The summed E-state index contributed by atoms with van der Waals surface area (Å²) < 4.78 is 2.10. The Morgan fingerprint density at radius 3 is 2.62 bits per heavy atom. The minimum Gasteiger partial charge on any atom is -0.320 e. The lowest BCUT2D eigenvalue weighted by atomic mass is 9.93. The molecule has 132 valence electrons. The van der Waals surface area contributed by atoms with Crippen molar-refractivity contribution in [2.75, 3.05) is 26.7 Å². The molecule has 1 fully saturated rings. The third-order valence-corrected chi connectivity index (χ3v) is 4.96. The first-order chi connectivity index (χ1) is 11.3. The first-order valence-corrected chi connectivity index (χ1v) is 8.74. The zero-order valence-electron chi connectivity index (χ0n) is 14.7. The Morgan fingerprint density at radius 2 is 1.92 bits per heavy atom. The third kappa shape index (κ3) is 4.59. The molecule has 3 rings (SSSR count). The lowest BCUT2D eigenvalue weighted by Crippen LogP contribution is -2.34. The smallest absolute Gasteiger partial charge is 0.0678 e.